The molecule has 0 saturated heterocycles. The van der Waals surface area contributed by atoms with Gasteiger partial charge in [0.15, 0.2) is 5.82 Å². The van der Waals surface area contributed by atoms with Gasteiger partial charge in [0.2, 0.25) is 5.88 Å². The van der Waals surface area contributed by atoms with E-state index in [0.29, 0.717) is 11.6 Å². The van der Waals surface area contributed by atoms with E-state index in [2.05, 4.69) is 25.6 Å². The van der Waals surface area contributed by atoms with Crippen LogP contribution in [0.2, 0.25) is 0 Å². The van der Waals surface area contributed by atoms with Gasteiger partial charge in [0.25, 0.3) is 0 Å². The molecule has 0 unspecified atom stereocenters. The Hall–Kier alpha value is -1.64. The molecule has 3 rings (SSSR count). The summed E-state index contributed by atoms with van der Waals surface area (Å²) < 4.78 is 7.48. The molecule has 0 aliphatic carbocycles. The molecule has 0 aliphatic heterocycles. The van der Waals surface area contributed by atoms with Crippen LogP contribution >= 0.6 is 9.42 Å². The number of hydrogen-bond acceptors (Lipinski definition) is 3. The molecule has 22 heavy (non-hydrogen) atoms. The van der Waals surface area contributed by atoms with Gasteiger partial charge in [-0.2, -0.15) is 28.3 Å². The van der Waals surface area contributed by atoms with Crippen LogP contribution in [0.5, 0.6) is 11.6 Å². The molecule has 0 bridgehead atoms. The normalized spacial score (nSPS) is 9.86. The predicted octanol–water partition coefficient (Wildman–Crippen LogP) is 4.16. The minimum atomic E-state index is 0.525. The average Bonchev–Trinajstić information content (AvgIpc) is 2.89. The van der Waals surface area contributed by atoms with E-state index in [-0.39, 0.29) is 0 Å². The number of hydrogen-bond donors (Lipinski definition) is 0. The Balaban J connectivity index is 0.000000847. The van der Waals surface area contributed by atoms with Crippen LogP contribution in [0.4, 0.5) is 0 Å². The molecular formula is C16H14ClN3OPt. The molecule has 6 heteroatoms. The predicted molar refractivity (Wildman–Crippen MR) is 82.0 cm³/mol. The van der Waals surface area contributed by atoms with Gasteiger partial charge in [-0.1, -0.05) is 6.07 Å². The second-order valence-corrected chi connectivity index (χ2v) is 4.50. The Labute approximate surface area is 144 Å². The fourth-order valence-corrected chi connectivity index (χ4v) is 1.99. The molecule has 0 fully saturated rings. The van der Waals surface area contributed by atoms with Crippen molar-refractivity contribution in [3.8, 4) is 17.4 Å². The second kappa shape index (κ2) is 8.11. The van der Waals surface area contributed by atoms with Gasteiger partial charge in [0.05, 0.1) is 5.69 Å². The van der Waals surface area contributed by atoms with Crippen molar-refractivity contribution in [2.75, 3.05) is 0 Å². The summed E-state index contributed by atoms with van der Waals surface area (Å²) in [5, 5.41) is 4.42. The van der Waals surface area contributed by atoms with Gasteiger partial charge in [-0.3, -0.25) is 0 Å². The van der Waals surface area contributed by atoms with Gasteiger partial charge in [-0.25, -0.2) is 4.68 Å². The summed E-state index contributed by atoms with van der Waals surface area (Å²) >= 11 is 1.61. The molecule has 0 aliphatic rings. The van der Waals surface area contributed by atoms with Crippen molar-refractivity contribution in [2.24, 2.45) is 0 Å². The van der Waals surface area contributed by atoms with Crippen LogP contribution in [-0.2, 0) is 18.8 Å². The van der Waals surface area contributed by atoms with Gasteiger partial charge in [-0.15, -0.1) is 12.1 Å². The monoisotopic (exact) mass is 494 g/mol. The van der Waals surface area contributed by atoms with E-state index in [1.54, 1.807) is 29.5 Å². The van der Waals surface area contributed by atoms with Gasteiger partial charge < -0.3 is 4.74 Å². The molecule has 3 aromatic rings. The standard InChI is InChI=1S/C16H14N3O.ClH.Pt/c1-12-11-13(2)19(18-12)15-9-6-10-16(17-15)20-14-7-4-3-5-8-14;;/h3-7,9-11H,1-2H3;1H;/q-1;;+2/p-1. The number of ether oxygens (including phenoxy) is 1. The van der Waals surface area contributed by atoms with Crippen LogP contribution in [0, 0.1) is 19.9 Å². The van der Waals surface area contributed by atoms with Crippen LogP contribution in [0.15, 0.2) is 48.5 Å². The fraction of sp³-hybridized carbons (Fsp3) is 0.125. The molecule has 0 N–H and O–H groups in total. The van der Waals surface area contributed by atoms with Gasteiger partial charge >= 0.3 is 28.2 Å². The van der Waals surface area contributed by atoms with Crippen LogP contribution in [-0.4, -0.2) is 14.8 Å². The number of rotatable bonds is 3. The second-order valence-electron chi connectivity index (χ2n) is 4.50. The number of pyridine rings is 1. The molecule has 0 amide bonds. The fourth-order valence-electron chi connectivity index (χ4n) is 1.99. The van der Waals surface area contributed by atoms with E-state index in [0.717, 1.165) is 17.2 Å². The third kappa shape index (κ3) is 4.18. The first kappa shape index (κ1) is 16.7. The number of nitrogens with zero attached hydrogens (tertiary/aromatic N) is 3. The van der Waals surface area contributed by atoms with Crippen molar-refractivity contribution in [2.45, 2.75) is 13.8 Å². The zero-order valence-electron chi connectivity index (χ0n) is 12.1. The molecule has 2 aromatic heterocycles. The topological polar surface area (TPSA) is 39.9 Å². The molecule has 1 aromatic carbocycles. The van der Waals surface area contributed by atoms with Crippen LogP contribution in [0.25, 0.3) is 5.82 Å². The SMILES string of the molecule is Cc1cc(C)n(-c2cccc(Oc3[c-]cccc3)n2)n1.[Cl][Pt+]. The van der Waals surface area contributed by atoms with Crippen molar-refractivity contribution in [1.29, 1.82) is 0 Å². The molecule has 2 heterocycles. The quantitative estimate of drug-likeness (QED) is 0.513. The summed E-state index contributed by atoms with van der Waals surface area (Å²) in [6.07, 6.45) is 0. The van der Waals surface area contributed by atoms with Gasteiger partial charge in [0.1, 0.15) is 0 Å². The van der Waals surface area contributed by atoms with Crippen LogP contribution in [0.3, 0.4) is 0 Å². The summed E-state index contributed by atoms with van der Waals surface area (Å²) in [6, 6.07) is 18.1. The van der Waals surface area contributed by atoms with Gasteiger partial charge in [0, 0.05) is 17.5 Å². The third-order valence-corrected chi connectivity index (χ3v) is 2.83. The summed E-state index contributed by atoms with van der Waals surface area (Å²) in [5.74, 6) is 1.91. The Bertz CT molecular complexity index is 731. The first-order valence-electron chi connectivity index (χ1n) is 6.49. The van der Waals surface area contributed by atoms with Crippen molar-refractivity contribution >= 4 is 9.42 Å². The Kier molecular flexibility index (Phi) is 6.17. The van der Waals surface area contributed by atoms with E-state index in [1.807, 2.05) is 56.3 Å². The number of halogens is 1. The van der Waals surface area contributed by atoms with Crippen molar-refractivity contribution in [1.82, 2.24) is 14.8 Å². The maximum atomic E-state index is 5.68. The molecule has 0 spiro atoms. The van der Waals surface area contributed by atoms with Crippen LogP contribution < -0.4 is 4.74 Å². The summed E-state index contributed by atoms with van der Waals surface area (Å²) in [4.78, 5) is 4.47. The minimum absolute atomic E-state index is 0.525. The van der Waals surface area contributed by atoms with E-state index in [1.165, 1.54) is 0 Å². The molecule has 0 atom stereocenters. The first-order valence-corrected chi connectivity index (χ1v) is 9.31. The number of aryl methyl sites for hydroxylation is 2. The zero-order valence-corrected chi connectivity index (χ0v) is 15.1. The summed E-state index contributed by atoms with van der Waals surface area (Å²) in [5.41, 5.74) is 2.01. The number of aromatic nitrogens is 3. The van der Waals surface area contributed by atoms with E-state index < -0.39 is 0 Å². The molecule has 0 radical (unpaired) electrons. The Morgan fingerprint density at radius 3 is 2.59 bits per heavy atom. The Morgan fingerprint density at radius 2 is 1.95 bits per heavy atom. The number of benzene rings is 1. The zero-order chi connectivity index (χ0) is 15.9. The van der Waals surface area contributed by atoms with Crippen LogP contribution in [0.1, 0.15) is 11.4 Å². The maximum absolute atomic E-state index is 5.68. The summed E-state index contributed by atoms with van der Waals surface area (Å²) in [7, 11) is 4.61. The van der Waals surface area contributed by atoms with E-state index in [4.69, 9.17) is 4.74 Å². The first-order chi connectivity index (χ1) is 10.7. The molecule has 116 valence electrons. The van der Waals surface area contributed by atoms with Gasteiger partial charge in [-0.05, 0) is 26.0 Å². The number of para-hydroxylation sites is 1. The third-order valence-electron chi connectivity index (χ3n) is 2.83. The Morgan fingerprint density at radius 1 is 1.14 bits per heavy atom. The van der Waals surface area contributed by atoms with E-state index >= 15 is 0 Å². The molecule has 0 saturated carbocycles. The van der Waals surface area contributed by atoms with E-state index in [9.17, 15) is 0 Å². The van der Waals surface area contributed by atoms with Crippen molar-refractivity contribution in [3.05, 3.63) is 66.0 Å². The molecular weight excluding hydrogens is 481 g/mol. The molecule has 4 nitrogen and oxygen atoms in total. The summed E-state index contributed by atoms with van der Waals surface area (Å²) in [6.45, 7) is 3.96. The average molecular weight is 495 g/mol. The van der Waals surface area contributed by atoms with Crippen molar-refractivity contribution < 1.29 is 23.5 Å². The van der Waals surface area contributed by atoms with Crippen molar-refractivity contribution in [3.63, 3.8) is 0 Å².